The Kier molecular flexibility index (Phi) is 4.00. The van der Waals surface area contributed by atoms with Crippen LogP contribution in [0.2, 0.25) is 0 Å². The maximum absolute atomic E-state index is 9.54. The van der Waals surface area contributed by atoms with Crippen molar-refractivity contribution in [3.05, 3.63) is 0 Å². The molecule has 0 aliphatic carbocycles. The minimum Gasteiger partial charge on any atom is -0.393 e. The maximum atomic E-state index is 9.54. The highest BCUT2D eigenvalue weighted by atomic mass is 16.3. The fourth-order valence-electron chi connectivity index (χ4n) is 2.85. The van der Waals surface area contributed by atoms with Gasteiger partial charge in [-0.05, 0) is 57.7 Å². The zero-order valence-corrected chi connectivity index (χ0v) is 9.78. The van der Waals surface area contributed by atoms with E-state index in [9.17, 15) is 5.11 Å². The molecule has 0 aromatic carbocycles. The van der Waals surface area contributed by atoms with Crippen molar-refractivity contribution in [2.24, 2.45) is 11.8 Å². The highest BCUT2D eigenvalue weighted by Gasteiger charge is 2.27. The first-order valence-electron chi connectivity index (χ1n) is 6.37. The van der Waals surface area contributed by atoms with E-state index in [4.69, 9.17) is 0 Å². The van der Waals surface area contributed by atoms with Crippen LogP contribution in [0.25, 0.3) is 0 Å². The average molecular weight is 212 g/mol. The molecule has 2 aliphatic rings. The van der Waals surface area contributed by atoms with Gasteiger partial charge >= 0.3 is 0 Å². The third-order valence-electron chi connectivity index (χ3n) is 3.97. The van der Waals surface area contributed by atoms with Gasteiger partial charge in [-0.2, -0.15) is 0 Å². The van der Waals surface area contributed by atoms with E-state index in [0.717, 1.165) is 12.5 Å². The Morgan fingerprint density at radius 2 is 2.07 bits per heavy atom. The zero-order chi connectivity index (χ0) is 10.7. The molecule has 0 spiro atoms. The summed E-state index contributed by atoms with van der Waals surface area (Å²) in [6, 6.07) is 0. The summed E-state index contributed by atoms with van der Waals surface area (Å²) >= 11 is 0. The van der Waals surface area contributed by atoms with Crippen LogP contribution in [-0.2, 0) is 0 Å². The predicted octanol–water partition coefficient (Wildman–Crippen LogP) is 0.689. The van der Waals surface area contributed by atoms with Gasteiger partial charge < -0.3 is 15.3 Å². The van der Waals surface area contributed by atoms with Gasteiger partial charge in [0.05, 0.1) is 6.10 Å². The van der Waals surface area contributed by atoms with Gasteiger partial charge in [-0.15, -0.1) is 0 Å². The Balaban J connectivity index is 1.71. The van der Waals surface area contributed by atoms with E-state index < -0.39 is 0 Å². The highest BCUT2D eigenvalue weighted by molar-refractivity contribution is 4.81. The smallest absolute Gasteiger partial charge is 0.0552 e. The van der Waals surface area contributed by atoms with Crippen molar-refractivity contribution in [3.63, 3.8) is 0 Å². The summed E-state index contributed by atoms with van der Waals surface area (Å²) in [5.74, 6) is 1.41. The normalized spacial score (nSPS) is 32.0. The summed E-state index contributed by atoms with van der Waals surface area (Å²) in [4.78, 5) is 2.55. The van der Waals surface area contributed by atoms with Crippen LogP contribution in [-0.4, -0.2) is 48.8 Å². The SMILES string of the molecule is CC(O)C1CCN(CC2CCNCC2)C1. The van der Waals surface area contributed by atoms with E-state index in [2.05, 4.69) is 10.2 Å². The number of rotatable bonds is 3. The number of likely N-dealkylation sites (tertiary alicyclic amines) is 1. The van der Waals surface area contributed by atoms with Crippen LogP contribution in [0.5, 0.6) is 0 Å². The molecule has 2 unspecified atom stereocenters. The van der Waals surface area contributed by atoms with Crippen molar-refractivity contribution >= 4 is 0 Å². The number of aliphatic hydroxyl groups excluding tert-OH is 1. The van der Waals surface area contributed by atoms with Crippen LogP contribution in [0.3, 0.4) is 0 Å². The van der Waals surface area contributed by atoms with Crippen molar-refractivity contribution < 1.29 is 5.11 Å². The molecule has 0 saturated carbocycles. The Hall–Kier alpha value is -0.120. The zero-order valence-electron chi connectivity index (χ0n) is 9.78. The lowest BCUT2D eigenvalue weighted by Gasteiger charge is -2.27. The van der Waals surface area contributed by atoms with E-state index in [0.29, 0.717) is 5.92 Å². The van der Waals surface area contributed by atoms with Crippen molar-refractivity contribution in [1.82, 2.24) is 10.2 Å². The van der Waals surface area contributed by atoms with Gasteiger partial charge in [0.1, 0.15) is 0 Å². The quantitative estimate of drug-likeness (QED) is 0.722. The van der Waals surface area contributed by atoms with Crippen LogP contribution >= 0.6 is 0 Å². The van der Waals surface area contributed by atoms with E-state index >= 15 is 0 Å². The molecule has 3 heteroatoms. The van der Waals surface area contributed by atoms with Gasteiger partial charge in [-0.25, -0.2) is 0 Å². The molecule has 2 aliphatic heterocycles. The minimum atomic E-state index is -0.122. The molecular formula is C12H24N2O. The summed E-state index contributed by atoms with van der Waals surface area (Å²) in [5, 5.41) is 12.9. The molecule has 2 saturated heterocycles. The van der Waals surface area contributed by atoms with Gasteiger partial charge in [-0.1, -0.05) is 0 Å². The topological polar surface area (TPSA) is 35.5 Å². The van der Waals surface area contributed by atoms with Gasteiger partial charge in [0.2, 0.25) is 0 Å². The summed E-state index contributed by atoms with van der Waals surface area (Å²) in [7, 11) is 0. The average Bonchev–Trinajstić information content (AvgIpc) is 2.68. The fraction of sp³-hybridized carbons (Fsp3) is 1.00. The number of aliphatic hydroxyl groups is 1. The number of piperidine rings is 1. The lowest BCUT2D eigenvalue weighted by molar-refractivity contribution is 0.124. The van der Waals surface area contributed by atoms with E-state index in [1.165, 1.54) is 45.4 Å². The van der Waals surface area contributed by atoms with Gasteiger partial charge in [0.25, 0.3) is 0 Å². The Bertz CT molecular complexity index is 190. The number of nitrogens with one attached hydrogen (secondary N) is 1. The molecule has 15 heavy (non-hydrogen) atoms. The van der Waals surface area contributed by atoms with Crippen molar-refractivity contribution in [2.45, 2.75) is 32.3 Å². The van der Waals surface area contributed by atoms with Gasteiger partial charge in [0.15, 0.2) is 0 Å². The molecular weight excluding hydrogens is 188 g/mol. The third-order valence-corrected chi connectivity index (χ3v) is 3.97. The second-order valence-corrected chi connectivity index (χ2v) is 5.24. The maximum Gasteiger partial charge on any atom is 0.0552 e. The lowest BCUT2D eigenvalue weighted by Crippen LogP contribution is -2.35. The van der Waals surface area contributed by atoms with Crippen LogP contribution < -0.4 is 5.32 Å². The minimum absolute atomic E-state index is 0.122. The highest BCUT2D eigenvalue weighted by Crippen LogP contribution is 2.22. The lowest BCUT2D eigenvalue weighted by atomic mass is 9.97. The van der Waals surface area contributed by atoms with Crippen molar-refractivity contribution in [3.8, 4) is 0 Å². The van der Waals surface area contributed by atoms with Crippen LogP contribution in [0, 0.1) is 11.8 Å². The summed E-state index contributed by atoms with van der Waals surface area (Å²) < 4.78 is 0. The molecule has 2 heterocycles. The molecule has 0 amide bonds. The number of hydrogen-bond donors (Lipinski definition) is 2. The molecule has 0 aromatic heterocycles. The molecule has 88 valence electrons. The fourth-order valence-corrected chi connectivity index (χ4v) is 2.85. The predicted molar refractivity (Wildman–Crippen MR) is 61.8 cm³/mol. The van der Waals surface area contributed by atoms with E-state index in [1.54, 1.807) is 0 Å². The van der Waals surface area contributed by atoms with E-state index in [-0.39, 0.29) is 6.10 Å². The molecule has 2 fully saturated rings. The second-order valence-electron chi connectivity index (χ2n) is 5.24. The Labute approximate surface area is 92.8 Å². The van der Waals surface area contributed by atoms with Crippen molar-refractivity contribution in [1.29, 1.82) is 0 Å². The largest absolute Gasteiger partial charge is 0.393 e. The van der Waals surface area contributed by atoms with Crippen LogP contribution in [0.1, 0.15) is 26.2 Å². The molecule has 2 atom stereocenters. The Morgan fingerprint density at radius 1 is 1.33 bits per heavy atom. The van der Waals surface area contributed by atoms with Gasteiger partial charge in [0, 0.05) is 13.1 Å². The summed E-state index contributed by atoms with van der Waals surface area (Å²) in [6.07, 6.45) is 3.72. The third kappa shape index (κ3) is 3.16. The molecule has 0 aromatic rings. The first kappa shape index (κ1) is 11.4. The monoisotopic (exact) mass is 212 g/mol. The first-order valence-corrected chi connectivity index (χ1v) is 6.37. The molecule has 2 N–H and O–H groups in total. The van der Waals surface area contributed by atoms with E-state index in [1.807, 2.05) is 6.92 Å². The summed E-state index contributed by atoms with van der Waals surface area (Å²) in [5.41, 5.74) is 0. The molecule has 2 rings (SSSR count). The summed E-state index contributed by atoms with van der Waals surface area (Å²) in [6.45, 7) is 7.88. The number of nitrogens with zero attached hydrogens (tertiary/aromatic N) is 1. The number of hydrogen-bond acceptors (Lipinski definition) is 3. The molecule has 3 nitrogen and oxygen atoms in total. The Morgan fingerprint density at radius 3 is 2.67 bits per heavy atom. The standard InChI is InChI=1S/C12H24N2O/c1-10(15)12-4-7-14(9-12)8-11-2-5-13-6-3-11/h10-13,15H,2-9H2,1H3. The van der Waals surface area contributed by atoms with Crippen LogP contribution in [0.4, 0.5) is 0 Å². The second kappa shape index (κ2) is 5.28. The molecule has 0 radical (unpaired) electrons. The van der Waals surface area contributed by atoms with Gasteiger partial charge in [-0.3, -0.25) is 0 Å². The van der Waals surface area contributed by atoms with Crippen molar-refractivity contribution in [2.75, 3.05) is 32.7 Å². The van der Waals surface area contributed by atoms with Crippen LogP contribution in [0.15, 0.2) is 0 Å². The first-order chi connectivity index (χ1) is 7.25. The molecule has 0 bridgehead atoms.